The molecule has 1 aromatic heterocycles. The highest BCUT2D eigenvalue weighted by Gasteiger charge is 2.21. The molecule has 2 heterocycles. The van der Waals surface area contributed by atoms with Crippen molar-refractivity contribution in [3.63, 3.8) is 0 Å². The lowest BCUT2D eigenvalue weighted by Gasteiger charge is -2.16. The zero-order chi connectivity index (χ0) is 19.5. The van der Waals surface area contributed by atoms with Gasteiger partial charge in [-0.15, -0.1) is 10.2 Å². The van der Waals surface area contributed by atoms with E-state index in [2.05, 4.69) is 20.7 Å². The Hall–Kier alpha value is -3.62. The van der Waals surface area contributed by atoms with Gasteiger partial charge < -0.3 is 10.2 Å². The van der Waals surface area contributed by atoms with Crippen LogP contribution in [0.2, 0.25) is 0 Å². The largest absolute Gasteiger partial charge is 0.324 e. The Kier molecular flexibility index (Phi) is 4.79. The maximum absolute atomic E-state index is 13.0. The quantitative estimate of drug-likeness (QED) is 0.733. The molecule has 1 aliphatic heterocycles. The van der Waals surface area contributed by atoms with Crippen LogP contribution < -0.4 is 10.2 Å². The number of tetrazole rings is 1. The molecule has 28 heavy (non-hydrogen) atoms. The van der Waals surface area contributed by atoms with Crippen molar-refractivity contribution in [1.29, 1.82) is 0 Å². The van der Waals surface area contributed by atoms with Gasteiger partial charge in [-0.05, 0) is 60.2 Å². The van der Waals surface area contributed by atoms with Crippen LogP contribution in [-0.4, -0.2) is 38.6 Å². The minimum Gasteiger partial charge on any atom is -0.324 e. The lowest BCUT2D eigenvalue weighted by Crippen LogP contribution is -2.23. The Morgan fingerprint density at radius 1 is 1.11 bits per heavy atom. The standard InChI is InChI=1S/C19H17FN6O2/c20-14-5-3-13(4-6-14)19-22-24-26(23-19)12-17(27)21-15-7-9-16(10-8-15)25-11-1-2-18(25)28/h3-10H,1-2,11-12H2,(H,21,27). The van der Waals surface area contributed by atoms with E-state index in [0.717, 1.165) is 18.7 Å². The summed E-state index contributed by atoms with van der Waals surface area (Å²) in [5.41, 5.74) is 2.04. The summed E-state index contributed by atoms with van der Waals surface area (Å²) in [5, 5.41) is 14.6. The molecule has 8 nitrogen and oxygen atoms in total. The van der Waals surface area contributed by atoms with Crippen LogP contribution in [0, 0.1) is 5.82 Å². The Bertz CT molecular complexity index is 1000. The molecule has 1 aliphatic rings. The number of carbonyl (C=O) groups is 2. The monoisotopic (exact) mass is 380 g/mol. The molecule has 1 fully saturated rings. The van der Waals surface area contributed by atoms with Crippen molar-refractivity contribution in [2.75, 3.05) is 16.8 Å². The fourth-order valence-corrected chi connectivity index (χ4v) is 3.00. The van der Waals surface area contributed by atoms with Crippen molar-refractivity contribution in [3.05, 3.63) is 54.3 Å². The molecule has 2 amide bonds. The van der Waals surface area contributed by atoms with E-state index in [-0.39, 0.29) is 24.2 Å². The van der Waals surface area contributed by atoms with E-state index in [1.807, 2.05) is 0 Å². The van der Waals surface area contributed by atoms with Crippen molar-refractivity contribution in [1.82, 2.24) is 20.2 Å². The summed E-state index contributed by atoms with van der Waals surface area (Å²) in [7, 11) is 0. The van der Waals surface area contributed by atoms with Crippen LogP contribution in [0.25, 0.3) is 11.4 Å². The van der Waals surface area contributed by atoms with Gasteiger partial charge in [0.15, 0.2) is 0 Å². The molecule has 1 saturated heterocycles. The van der Waals surface area contributed by atoms with Gasteiger partial charge in [-0.25, -0.2) is 4.39 Å². The Morgan fingerprint density at radius 2 is 1.86 bits per heavy atom. The summed E-state index contributed by atoms with van der Waals surface area (Å²) in [6.45, 7) is 0.611. The summed E-state index contributed by atoms with van der Waals surface area (Å²) < 4.78 is 13.0. The van der Waals surface area contributed by atoms with E-state index >= 15 is 0 Å². The number of hydrogen-bond donors (Lipinski definition) is 1. The molecule has 4 rings (SSSR count). The lowest BCUT2D eigenvalue weighted by atomic mass is 10.2. The number of nitrogens with one attached hydrogen (secondary N) is 1. The number of hydrogen-bond acceptors (Lipinski definition) is 5. The lowest BCUT2D eigenvalue weighted by molar-refractivity contribution is -0.117. The van der Waals surface area contributed by atoms with Crippen LogP contribution in [0.5, 0.6) is 0 Å². The smallest absolute Gasteiger partial charge is 0.248 e. The first-order valence-corrected chi connectivity index (χ1v) is 8.82. The Labute approximate surface area is 160 Å². The molecule has 9 heteroatoms. The third kappa shape index (κ3) is 3.88. The first kappa shape index (κ1) is 17.8. The number of rotatable bonds is 5. The fourth-order valence-electron chi connectivity index (χ4n) is 3.00. The van der Waals surface area contributed by atoms with Gasteiger partial charge in [0.25, 0.3) is 0 Å². The van der Waals surface area contributed by atoms with Crippen molar-refractivity contribution in [3.8, 4) is 11.4 Å². The predicted octanol–water partition coefficient (Wildman–Crippen LogP) is 2.24. The number of amides is 2. The molecule has 2 aromatic carbocycles. The number of aromatic nitrogens is 4. The molecule has 1 N–H and O–H groups in total. The molecule has 0 saturated carbocycles. The number of carbonyl (C=O) groups excluding carboxylic acids is 2. The average Bonchev–Trinajstić information content (AvgIpc) is 3.32. The van der Waals surface area contributed by atoms with Crippen molar-refractivity contribution in [2.45, 2.75) is 19.4 Å². The van der Waals surface area contributed by atoms with Crippen molar-refractivity contribution >= 4 is 23.2 Å². The molecular weight excluding hydrogens is 363 g/mol. The van der Waals surface area contributed by atoms with Gasteiger partial charge >= 0.3 is 0 Å². The maximum atomic E-state index is 13.0. The highest BCUT2D eigenvalue weighted by atomic mass is 19.1. The minimum absolute atomic E-state index is 0.111. The topological polar surface area (TPSA) is 93.0 Å². The molecule has 0 radical (unpaired) electrons. The van der Waals surface area contributed by atoms with Gasteiger partial charge in [-0.3, -0.25) is 9.59 Å². The normalized spacial score (nSPS) is 13.8. The van der Waals surface area contributed by atoms with Crippen LogP contribution in [0.1, 0.15) is 12.8 Å². The Morgan fingerprint density at radius 3 is 2.54 bits per heavy atom. The molecule has 0 bridgehead atoms. The number of benzene rings is 2. The van der Waals surface area contributed by atoms with Gasteiger partial charge in [-0.1, -0.05) is 0 Å². The maximum Gasteiger partial charge on any atom is 0.248 e. The summed E-state index contributed by atoms with van der Waals surface area (Å²) in [6.07, 6.45) is 1.44. The highest BCUT2D eigenvalue weighted by Crippen LogP contribution is 2.23. The minimum atomic E-state index is -0.351. The second-order valence-electron chi connectivity index (χ2n) is 6.39. The molecule has 0 spiro atoms. The molecular formula is C19H17FN6O2. The second kappa shape index (κ2) is 7.55. The van der Waals surface area contributed by atoms with E-state index in [0.29, 0.717) is 23.5 Å². The second-order valence-corrected chi connectivity index (χ2v) is 6.39. The van der Waals surface area contributed by atoms with Gasteiger partial charge in [0.2, 0.25) is 17.6 Å². The predicted molar refractivity (Wildman–Crippen MR) is 99.9 cm³/mol. The molecule has 0 unspecified atom stereocenters. The van der Waals surface area contributed by atoms with Crippen molar-refractivity contribution < 1.29 is 14.0 Å². The van der Waals surface area contributed by atoms with E-state index in [1.54, 1.807) is 41.3 Å². The number of halogens is 1. The average molecular weight is 380 g/mol. The van der Waals surface area contributed by atoms with Gasteiger partial charge in [0, 0.05) is 29.9 Å². The molecule has 0 aliphatic carbocycles. The fraction of sp³-hybridized carbons (Fsp3) is 0.211. The highest BCUT2D eigenvalue weighted by molar-refractivity contribution is 5.96. The summed E-state index contributed by atoms with van der Waals surface area (Å²) in [6, 6.07) is 12.8. The Balaban J connectivity index is 1.37. The van der Waals surface area contributed by atoms with Crippen LogP contribution in [0.4, 0.5) is 15.8 Å². The van der Waals surface area contributed by atoms with Gasteiger partial charge in [0.1, 0.15) is 12.4 Å². The van der Waals surface area contributed by atoms with Gasteiger partial charge in [0.05, 0.1) is 0 Å². The number of anilines is 2. The van der Waals surface area contributed by atoms with E-state index in [1.165, 1.54) is 16.9 Å². The summed E-state index contributed by atoms with van der Waals surface area (Å²) in [4.78, 5) is 26.9. The van der Waals surface area contributed by atoms with Crippen LogP contribution in [-0.2, 0) is 16.1 Å². The van der Waals surface area contributed by atoms with Gasteiger partial charge in [-0.2, -0.15) is 4.80 Å². The summed E-state index contributed by atoms with van der Waals surface area (Å²) >= 11 is 0. The van der Waals surface area contributed by atoms with Crippen LogP contribution in [0.3, 0.4) is 0 Å². The third-order valence-corrected chi connectivity index (χ3v) is 4.38. The molecule has 0 atom stereocenters. The SMILES string of the molecule is O=C(Cn1nnc(-c2ccc(F)cc2)n1)Nc1ccc(N2CCCC2=O)cc1. The van der Waals surface area contributed by atoms with Crippen LogP contribution in [0.15, 0.2) is 48.5 Å². The molecule has 142 valence electrons. The van der Waals surface area contributed by atoms with Crippen LogP contribution >= 0.6 is 0 Å². The first-order chi connectivity index (χ1) is 13.6. The van der Waals surface area contributed by atoms with E-state index < -0.39 is 0 Å². The zero-order valence-corrected chi connectivity index (χ0v) is 14.9. The third-order valence-electron chi connectivity index (χ3n) is 4.38. The van der Waals surface area contributed by atoms with E-state index in [9.17, 15) is 14.0 Å². The van der Waals surface area contributed by atoms with Crippen molar-refractivity contribution in [2.24, 2.45) is 0 Å². The molecule has 3 aromatic rings. The van der Waals surface area contributed by atoms with E-state index in [4.69, 9.17) is 0 Å². The first-order valence-electron chi connectivity index (χ1n) is 8.82. The zero-order valence-electron chi connectivity index (χ0n) is 14.9. The summed E-state index contributed by atoms with van der Waals surface area (Å²) in [5.74, 6) is -0.234. The number of nitrogens with zero attached hydrogens (tertiary/aromatic N) is 5.